The van der Waals surface area contributed by atoms with Gasteiger partial charge in [-0.3, -0.25) is 4.79 Å². The van der Waals surface area contributed by atoms with Crippen molar-refractivity contribution in [2.75, 3.05) is 6.61 Å². The van der Waals surface area contributed by atoms with Crippen LogP contribution in [0, 0.1) is 0 Å². The number of amides is 1. The van der Waals surface area contributed by atoms with Gasteiger partial charge in [0.25, 0.3) is 0 Å². The van der Waals surface area contributed by atoms with Gasteiger partial charge in [-0.1, -0.05) is 35.0 Å². The van der Waals surface area contributed by atoms with E-state index in [1.807, 2.05) is 31.2 Å². The van der Waals surface area contributed by atoms with Crippen LogP contribution in [0.5, 0.6) is 0 Å². The molecule has 0 spiro atoms. The van der Waals surface area contributed by atoms with Gasteiger partial charge < -0.3 is 10.1 Å². The van der Waals surface area contributed by atoms with Crippen LogP contribution in [0.15, 0.2) is 28.7 Å². The summed E-state index contributed by atoms with van der Waals surface area (Å²) in [5, 5.41) is 2.77. The topological polar surface area (TPSA) is 55.4 Å². The third kappa shape index (κ3) is 2.59. The molecule has 0 saturated carbocycles. The third-order valence-corrected chi connectivity index (χ3v) is 4.38. The number of carbonyl (C=O) groups excluding carboxylic acids is 2. The average molecular weight is 340 g/mol. The Balaban J connectivity index is 2.45. The summed E-state index contributed by atoms with van der Waals surface area (Å²) in [5.41, 5.74) is 0.443. The molecule has 1 saturated heterocycles. The fraction of sp³-hybridized carbons (Fsp3) is 0.467. The Labute approximate surface area is 127 Å². The van der Waals surface area contributed by atoms with Gasteiger partial charge >= 0.3 is 5.97 Å². The normalized spacial score (nSPS) is 25.4. The predicted octanol–water partition coefficient (Wildman–Crippen LogP) is 2.55. The molecular weight excluding hydrogens is 322 g/mol. The molecule has 2 atom stereocenters. The maximum absolute atomic E-state index is 12.2. The lowest BCUT2D eigenvalue weighted by Crippen LogP contribution is -2.47. The SMILES string of the molecule is CCOC(=O)C1NC(=O)CC1(CC)c1cccc(Br)c1. The van der Waals surface area contributed by atoms with Crippen molar-refractivity contribution in [1.29, 1.82) is 0 Å². The summed E-state index contributed by atoms with van der Waals surface area (Å²) in [4.78, 5) is 24.0. The van der Waals surface area contributed by atoms with Crippen LogP contribution in [0.25, 0.3) is 0 Å². The van der Waals surface area contributed by atoms with E-state index in [0.717, 1.165) is 10.0 Å². The van der Waals surface area contributed by atoms with Gasteiger partial charge in [0.15, 0.2) is 0 Å². The minimum absolute atomic E-state index is 0.107. The van der Waals surface area contributed by atoms with E-state index in [1.54, 1.807) is 6.92 Å². The molecule has 0 aromatic heterocycles. The van der Waals surface area contributed by atoms with E-state index >= 15 is 0 Å². The molecule has 1 fully saturated rings. The van der Waals surface area contributed by atoms with Crippen molar-refractivity contribution >= 4 is 27.8 Å². The van der Waals surface area contributed by atoms with Crippen LogP contribution in [0.1, 0.15) is 32.3 Å². The van der Waals surface area contributed by atoms with Gasteiger partial charge in [-0.2, -0.15) is 0 Å². The highest BCUT2D eigenvalue weighted by Crippen LogP contribution is 2.40. The van der Waals surface area contributed by atoms with Crippen LogP contribution >= 0.6 is 15.9 Å². The van der Waals surface area contributed by atoms with Crippen LogP contribution in [0.2, 0.25) is 0 Å². The molecule has 0 radical (unpaired) electrons. The van der Waals surface area contributed by atoms with Gasteiger partial charge in [0, 0.05) is 16.3 Å². The fourth-order valence-electron chi connectivity index (χ4n) is 2.85. The zero-order valence-corrected chi connectivity index (χ0v) is 13.2. The molecular formula is C15H18BrNO3. The molecule has 1 aromatic carbocycles. The Morgan fingerprint density at radius 1 is 1.50 bits per heavy atom. The number of esters is 1. The third-order valence-electron chi connectivity index (χ3n) is 3.89. The van der Waals surface area contributed by atoms with Crippen molar-refractivity contribution in [1.82, 2.24) is 5.32 Å². The molecule has 4 nitrogen and oxygen atoms in total. The number of hydrogen-bond donors (Lipinski definition) is 1. The summed E-state index contributed by atoms with van der Waals surface area (Å²) >= 11 is 3.44. The molecule has 0 bridgehead atoms. The second-order valence-electron chi connectivity index (χ2n) is 4.95. The van der Waals surface area contributed by atoms with E-state index in [2.05, 4.69) is 21.2 Å². The second kappa shape index (κ2) is 5.95. The van der Waals surface area contributed by atoms with Crippen LogP contribution in [0.4, 0.5) is 0 Å². The Hall–Kier alpha value is -1.36. The van der Waals surface area contributed by atoms with Crippen molar-refractivity contribution in [3.63, 3.8) is 0 Å². The molecule has 0 aliphatic carbocycles. The fourth-order valence-corrected chi connectivity index (χ4v) is 3.25. The predicted molar refractivity (Wildman–Crippen MR) is 79.3 cm³/mol. The molecule has 1 heterocycles. The molecule has 108 valence electrons. The second-order valence-corrected chi connectivity index (χ2v) is 5.87. The summed E-state index contributed by atoms with van der Waals surface area (Å²) in [5.74, 6) is -0.468. The first-order valence-corrected chi connectivity index (χ1v) is 7.55. The van der Waals surface area contributed by atoms with Crippen LogP contribution in [-0.4, -0.2) is 24.5 Å². The number of ether oxygens (including phenoxy) is 1. The average Bonchev–Trinajstić information content (AvgIpc) is 2.77. The van der Waals surface area contributed by atoms with E-state index < -0.39 is 11.5 Å². The molecule has 1 amide bonds. The van der Waals surface area contributed by atoms with Crippen molar-refractivity contribution in [3.05, 3.63) is 34.3 Å². The van der Waals surface area contributed by atoms with Gasteiger partial charge in [0.05, 0.1) is 6.61 Å². The summed E-state index contributed by atoms with van der Waals surface area (Å²) in [7, 11) is 0. The number of benzene rings is 1. The maximum atomic E-state index is 12.2. The largest absolute Gasteiger partial charge is 0.464 e. The summed E-state index contributed by atoms with van der Waals surface area (Å²) in [6.07, 6.45) is 0.995. The zero-order valence-electron chi connectivity index (χ0n) is 11.6. The van der Waals surface area contributed by atoms with Crippen molar-refractivity contribution < 1.29 is 14.3 Å². The van der Waals surface area contributed by atoms with Gasteiger partial charge in [0.2, 0.25) is 5.91 Å². The van der Waals surface area contributed by atoms with Gasteiger partial charge in [-0.25, -0.2) is 4.79 Å². The van der Waals surface area contributed by atoms with Crippen LogP contribution in [0.3, 0.4) is 0 Å². The molecule has 20 heavy (non-hydrogen) atoms. The summed E-state index contributed by atoms with van der Waals surface area (Å²) in [6, 6.07) is 7.16. The van der Waals surface area contributed by atoms with E-state index in [0.29, 0.717) is 19.4 Å². The van der Waals surface area contributed by atoms with Gasteiger partial charge in [-0.15, -0.1) is 0 Å². The van der Waals surface area contributed by atoms with E-state index in [-0.39, 0.29) is 11.9 Å². The van der Waals surface area contributed by atoms with E-state index in [1.165, 1.54) is 0 Å². The highest BCUT2D eigenvalue weighted by molar-refractivity contribution is 9.10. The number of hydrogen-bond acceptors (Lipinski definition) is 3. The van der Waals surface area contributed by atoms with Crippen molar-refractivity contribution in [3.8, 4) is 0 Å². The molecule has 2 unspecified atom stereocenters. The van der Waals surface area contributed by atoms with Crippen LogP contribution < -0.4 is 5.32 Å². The Morgan fingerprint density at radius 2 is 2.25 bits per heavy atom. The lowest BCUT2D eigenvalue weighted by molar-refractivity contribution is -0.147. The first kappa shape index (κ1) is 15.0. The number of halogens is 1. The maximum Gasteiger partial charge on any atom is 0.329 e. The summed E-state index contributed by atoms with van der Waals surface area (Å²) < 4.78 is 6.05. The smallest absolute Gasteiger partial charge is 0.329 e. The van der Waals surface area contributed by atoms with Crippen molar-refractivity contribution in [2.24, 2.45) is 0 Å². The standard InChI is InChI=1S/C15H18BrNO3/c1-3-15(10-6-5-7-11(16)8-10)9-12(18)17-13(15)14(19)20-4-2/h5-8,13H,3-4,9H2,1-2H3,(H,17,18). The minimum atomic E-state index is -0.616. The Morgan fingerprint density at radius 3 is 2.85 bits per heavy atom. The highest BCUT2D eigenvalue weighted by atomic mass is 79.9. The molecule has 2 rings (SSSR count). The number of nitrogens with one attached hydrogen (secondary N) is 1. The molecule has 1 aromatic rings. The molecule has 5 heteroatoms. The molecule has 1 N–H and O–H groups in total. The lowest BCUT2D eigenvalue weighted by Gasteiger charge is -2.32. The van der Waals surface area contributed by atoms with Gasteiger partial charge in [-0.05, 0) is 31.0 Å². The highest BCUT2D eigenvalue weighted by Gasteiger charge is 2.51. The monoisotopic (exact) mass is 339 g/mol. The lowest BCUT2D eigenvalue weighted by atomic mass is 9.72. The van der Waals surface area contributed by atoms with E-state index in [9.17, 15) is 9.59 Å². The quantitative estimate of drug-likeness (QED) is 0.857. The van der Waals surface area contributed by atoms with Crippen molar-refractivity contribution in [2.45, 2.75) is 38.1 Å². The molecule has 1 aliphatic rings. The summed E-state index contributed by atoms with van der Waals surface area (Å²) in [6.45, 7) is 4.07. The minimum Gasteiger partial charge on any atom is -0.464 e. The van der Waals surface area contributed by atoms with Gasteiger partial charge in [0.1, 0.15) is 6.04 Å². The van der Waals surface area contributed by atoms with Crippen LogP contribution in [-0.2, 0) is 19.7 Å². The van der Waals surface area contributed by atoms with E-state index in [4.69, 9.17) is 4.74 Å². The number of rotatable bonds is 4. The molecule has 1 aliphatic heterocycles. The zero-order chi connectivity index (χ0) is 14.8. The first-order valence-electron chi connectivity index (χ1n) is 6.75. The first-order chi connectivity index (χ1) is 9.53. The number of carbonyl (C=O) groups is 2. The Kier molecular flexibility index (Phi) is 4.48. The Bertz CT molecular complexity index is 532.